The van der Waals surface area contributed by atoms with Crippen molar-refractivity contribution in [2.75, 3.05) is 25.9 Å². The second-order valence-electron chi connectivity index (χ2n) is 4.89. The van der Waals surface area contributed by atoms with E-state index >= 15 is 0 Å². The largest absolute Gasteiger partial charge is 0.396 e. The van der Waals surface area contributed by atoms with Crippen LogP contribution in [0.3, 0.4) is 0 Å². The second kappa shape index (κ2) is 6.51. The summed E-state index contributed by atoms with van der Waals surface area (Å²) >= 11 is 0. The summed E-state index contributed by atoms with van der Waals surface area (Å²) in [6.45, 7) is 5.74. The molecule has 2 N–H and O–H groups in total. The van der Waals surface area contributed by atoms with Crippen molar-refractivity contribution in [1.29, 1.82) is 0 Å². The number of benzene rings is 1. The Morgan fingerprint density at radius 2 is 2.00 bits per heavy atom. The fourth-order valence-corrected chi connectivity index (χ4v) is 2.91. The molecule has 0 aliphatic carbocycles. The lowest BCUT2D eigenvalue weighted by molar-refractivity contribution is 0.0737. The van der Waals surface area contributed by atoms with Gasteiger partial charge in [-0.1, -0.05) is 0 Å². The molecule has 0 unspecified atom stereocenters. The summed E-state index contributed by atoms with van der Waals surface area (Å²) in [5.74, 6) is -0.588. The predicted octanol–water partition coefficient (Wildman–Crippen LogP) is 1.76. The Balaban J connectivity index is 2.93. The lowest BCUT2D eigenvalue weighted by Gasteiger charge is -2.18. The molecule has 1 aromatic carbocycles. The molecule has 0 saturated carbocycles. The first kappa shape index (κ1) is 16.9. The summed E-state index contributed by atoms with van der Waals surface area (Å²) < 4.78 is 44.6. The molecule has 0 aliphatic heterocycles. The summed E-state index contributed by atoms with van der Waals surface area (Å²) in [6.07, 6.45) is 0.0369. The second-order valence-corrected chi connectivity index (χ2v) is 6.93. The molecule has 7 heteroatoms. The van der Waals surface area contributed by atoms with Crippen LogP contribution in [-0.2, 0) is 14.8 Å². The summed E-state index contributed by atoms with van der Waals surface area (Å²) in [5.41, 5.74) is 5.51. The molecule has 0 aromatic heterocycles. The van der Waals surface area contributed by atoms with Crippen molar-refractivity contribution in [2.24, 2.45) is 0 Å². The third kappa shape index (κ3) is 3.91. The van der Waals surface area contributed by atoms with E-state index in [2.05, 4.69) is 0 Å². The van der Waals surface area contributed by atoms with Crippen molar-refractivity contribution in [1.82, 2.24) is 4.31 Å². The van der Waals surface area contributed by atoms with E-state index in [9.17, 15) is 12.8 Å². The average molecular weight is 304 g/mol. The van der Waals surface area contributed by atoms with E-state index in [-0.39, 0.29) is 28.8 Å². The van der Waals surface area contributed by atoms with Gasteiger partial charge >= 0.3 is 0 Å². The standard InChI is InChI=1S/C13H21FN2O3S/c1-9(2)19-6-5-16(4)20(17,18)11-7-10(3)13(14)12(15)8-11/h7-9H,5-6,15H2,1-4H3. The van der Waals surface area contributed by atoms with Crippen molar-refractivity contribution in [3.05, 3.63) is 23.5 Å². The highest BCUT2D eigenvalue weighted by Crippen LogP contribution is 2.22. The predicted molar refractivity (Wildman–Crippen MR) is 76.5 cm³/mol. The van der Waals surface area contributed by atoms with E-state index in [0.29, 0.717) is 6.61 Å². The van der Waals surface area contributed by atoms with E-state index in [4.69, 9.17) is 10.5 Å². The number of anilines is 1. The van der Waals surface area contributed by atoms with Crippen molar-refractivity contribution < 1.29 is 17.5 Å². The van der Waals surface area contributed by atoms with Crippen LogP contribution < -0.4 is 5.73 Å². The number of rotatable bonds is 6. The molecule has 5 nitrogen and oxygen atoms in total. The van der Waals surface area contributed by atoms with Gasteiger partial charge < -0.3 is 10.5 Å². The van der Waals surface area contributed by atoms with Crippen LogP contribution in [0.1, 0.15) is 19.4 Å². The van der Waals surface area contributed by atoms with Gasteiger partial charge in [0.15, 0.2) is 0 Å². The normalized spacial score (nSPS) is 12.3. The Morgan fingerprint density at radius 1 is 1.40 bits per heavy atom. The van der Waals surface area contributed by atoms with Gasteiger partial charge in [-0.3, -0.25) is 0 Å². The minimum atomic E-state index is -3.69. The van der Waals surface area contributed by atoms with Crippen LogP contribution in [-0.4, -0.2) is 39.0 Å². The number of hydrogen-bond acceptors (Lipinski definition) is 4. The zero-order chi connectivity index (χ0) is 15.5. The molecule has 0 atom stereocenters. The molecule has 0 fully saturated rings. The molecule has 0 radical (unpaired) electrons. The van der Waals surface area contributed by atoms with Gasteiger partial charge in [0.05, 0.1) is 23.3 Å². The molecule has 1 rings (SSSR count). The number of nitrogens with zero attached hydrogens (tertiary/aromatic N) is 1. The molecule has 0 amide bonds. The smallest absolute Gasteiger partial charge is 0.242 e. The lowest BCUT2D eigenvalue weighted by atomic mass is 10.2. The van der Waals surface area contributed by atoms with Gasteiger partial charge in [0, 0.05) is 13.6 Å². The highest BCUT2D eigenvalue weighted by atomic mass is 32.2. The Kier molecular flexibility index (Phi) is 5.50. The van der Waals surface area contributed by atoms with Gasteiger partial charge in [0.2, 0.25) is 10.0 Å². The third-order valence-corrected chi connectivity index (χ3v) is 4.66. The van der Waals surface area contributed by atoms with Gasteiger partial charge in [-0.05, 0) is 38.5 Å². The van der Waals surface area contributed by atoms with Gasteiger partial charge in [0.1, 0.15) is 5.82 Å². The quantitative estimate of drug-likeness (QED) is 0.813. The van der Waals surface area contributed by atoms with E-state index in [0.717, 1.165) is 6.07 Å². The average Bonchev–Trinajstić information content (AvgIpc) is 2.34. The number of nitrogen functional groups attached to an aromatic ring is 1. The zero-order valence-corrected chi connectivity index (χ0v) is 13.0. The van der Waals surface area contributed by atoms with Gasteiger partial charge in [-0.2, -0.15) is 4.31 Å². The van der Waals surface area contributed by atoms with E-state index in [1.807, 2.05) is 13.8 Å². The summed E-state index contributed by atoms with van der Waals surface area (Å²) in [6, 6.07) is 2.41. The van der Waals surface area contributed by atoms with Crippen LogP contribution in [0.2, 0.25) is 0 Å². The van der Waals surface area contributed by atoms with Crippen LogP contribution >= 0.6 is 0 Å². The van der Waals surface area contributed by atoms with Gasteiger partial charge in [-0.25, -0.2) is 12.8 Å². The molecule has 0 spiro atoms. The molecule has 1 aromatic rings. The number of sulfonamides is 1. The van der Waals surface area contributed by atoms with Crippen LogP contribution in [0.25, 0.3) is 0 Å². The minimum absolute atomic E-state index is 0.0130. The van der Waals surface area contributed by atoms with Crippen molar-refractivity contribution in [2.45, 2.75) is 31.8 Å². The summed E-state index contributed by atoms with van der Waals surface area (Å²) in [5, 5.41) is 0. The first-order valence-electron chi connectivity index (χ1n) is 6.29. The topological polar surface area (TPSA) is 72.6 Å². The molecule has 20 heavy (non-hydrogen) atoms. The molecular weight excluding hydrogens is 283 g/mol. The first-order chi connectivity index (χ1) is 9.16. The van der Waals surface area contributed by atoms with Crippen molar-refractivity contribution in [3.63, 3.8) is 0 Å². The fraction of sp³-hybridized carbons (Fsp3) is 0.538. The van der Waals surface area contributed by atoms with Crippen LogP contribution in [0.4, 0.5) is 10.1 Å². The summed E-state index contributed by atoms with van der Waals surface area (Å²) in [4.78, 5) is -0.0130. The SMILES string of the molecule is Cc1cc(S(=O)(=O)N(C)CCOC(C)C)cc(N)c1F. The van der Waals surface area contributed by atoms with Crippen molar-refractivity contribution in [3.8, 4) is 0 Å². The van der Waals surface area contributed by atoms with E-state index in [1.54, 1.807) is 0 Å². The molecule has 114 valence electrons. The molecule has 0 saturated heterocycles. The number of nitrogens with two attached hydrogens (primary N) is 1. The Morgan fingerprint density at radius 3 is 2.50 bits per heavy atom. The molecule has 0 bridgehead atoms. The highest BCUT2D eigenvalue weighted by molar-refractivity contribution is 7.89. The fourth-order valence-electron chi connectivity index (χ4n) is 1.63. The molecular formula is C13H21FN2O3S. The Labute approximate surface area is 119 Å². The van der Waals surface area contributed by atoms with Crippen LogP contribution in [0.15, 0.2) is 17.0 Å². The number of aryl methyl sites for hydroxylation is 1. The Hall–Kier alpha value is -1.18. The highest BCUT2D eigenvalue weighted by Gasteiger charge is 2.22. The van der Waals surface area contributed by atoms with Crippen LogP contribution in [0.5, 0.6) is 0 Å². The Bertz CT molecular complexity index is 550. The van der Waals surface area contributed by atoms with Gasteiger partial charge in [-0.15, -0.1) is 0 Å². The maximum atomic E-state index is 13.4. The lowest BCUT2D eigenvalue weighted by Crippen LogP contribution is -2.31. The number of halogens is 1. The summed E-state index contributed by atoms with van der Waals surface area (Å²) in [7, 11) is -2.24. The number of likely N-dealkylation sites (N-methyl/N-ethyl adjacent to an activating group) is 1. The van der Waals surface area contributed by atoms with Crippen LogP contribution in [0, 0.1) is 12.7 Å². The number of ether oxygens (including phenoxy) is 1. The third-order valence-electron chi connectivity index (χ3n) is 2.82. The molecule has 0 heterocycles. The van der Waals surface area contributed by atoms with Gasteiger partial charge in [0.25, 0.3) is 0 Å². The molecule has 0 aliphatic rings. The van der Waals surface area contributed by atoms with E-state index < -0.39 is 15.8 Å². The number of hydrogen-bond donors (Lipinski definition) is 1. The monoisotopic (exact) mass is 304 g/mol. The van der Waals surface area contributed by atoms with Crippen molar-refractivity contribution >= 4 is 15.7 Å². The maximum absolute atomic E-state index is 13.4. The minimum Gasteiger partial charge on any atom is -0.396 e. The maximum Gasteiger partial charge on any atom is 0.242 e. The zero-order valence-electron chi connectivity index (χ0n) is 12.2. The van der Waals surface area contributed by atoms with E-state index in [1.165, 1.54) is 24.3 Å². The first-order valence-corrected chi connectivity index (χ1v) is 7.73.